The predicted octanol–water partition coefficient (Wildman–Crippen LogP) is 2.93. The van der Waals surface area contributed by atoms with Crippen molar-refractivity contribution in [2.75, 3.05) is 13.2 Å². The van der Waals surface area contributed by atoms with Gasteiger partial charge in [0.15, 0.2) is 5.82 Å². The van der Waals surface area contributed by atoms with Crippen LogP contribution in [-0.2, 0) is 33.6 Å². The Labute approximate surface area is 193 Å². The van der Waals surface area contributed by atoms with Gasteiger partial charge in [0.25, 0.3) is 0 Å². The second kappa shape index (κ2) is 7.78. The van der Waals surface area contributed by atoms with Gasteiger partial charge in [0.1, 0.15) is 6.61 Å². The third-order valence-corrected chi connectivity index (χ3v) is 8.35. The number of cyclic esters (lactones) is 1. The second-order valence-electron chi connectivity index (χ2n) is 10.1. The third kappa shape index (κ3) is 3.38. The molecular formula is C25H29N5O3. The molecule has 8 heteroatoms. The largest absolute Gasteiger partial charge is 0.456 e. The molecule has 1 aliphatic carbocycles. The lowest BCUT2D eigenvalue weighted by Crippen LogP contribution is -2.37. The van der Waals surface area contributed by atoms with E-state index in [9.17, 15) is 9.59 Å². The summed E-state index contributed by atoms with van der Waals surface area (Å²) < 4.78 is 6.99. The molecule has 33 heavy (non-hydrogen) atoms. The first-order valence-electron chi connectivity index (χ1n) is 12.1. The molecule has 4 heterocycles. The molecule has 1 amide bonds. The molecule has 1 spiro atoms. The van der Waals surface area contributed by atoms with E-state index in [-0.39, 0.29) is 23.9 Å². The number of amides is 1. The van der Waals surface area contributed by atoms with E-state index in [1.807, 2.05) is 9.58 Å². The van der Waals surface area contributed by atoms with E-state index in [0.29, 0.717) is 18.0 Å². The van der Waals surface area contributed by atoms with Crippen LogP contribution in [0.2, 0.25) is 0 Å². The van der Waals surface area contributed by atoms with Crippen LogP contribution in [-0.4, -0.2) is 50.1 Å². The summed E-state index contributed by atoms with van der Waals surface area (Å²) in [6.45, 7) is 2.72. The average molecular weight is 448 g/mol. The highest BCUT2D eigenvalue weighted by atomic mass is 16.5. The Morgan fingerprint density at radius 3 is 2.79 bits per heavy atom. The van der Waals surface area contributed by atoms with Gasteiger partial charge >= 0.3 is 5.97 Å². The highest BCUT2D eigenvalue weighted by molar-refractivity contribution is 5.94. The van der Waals surface area contributed by atoms with Gasteiger partial charge in [0.2, 0.25) is 5.91 Å². The number of rotatable bonds is 4. The number of hydrogen-bond donors (Lipinski definition) is 0. The number of likely N-dealkylation sites (tertiary alicyclic amines) is 1. The summed E-state index contributed by atoms with van der Waals surface area (Å²) in [7, 11) is 0. The number of aryl methyl sites for hydroxylation is 3. The lowest BCUT2D eigenvalue weighted by atomic mass is 9.68. The number of carbonyl (C=O) groups is 2. The van der Waals surface area contributed by atoms with Crippen molar-refractivity contribution in [1.29, 1.82) is 0 Å². The van der Waals surface area contributed by atoms with Crippen molar-refractivity contribution >= 4 is 11.9 Å². The van der Waals surface area contributed by atoms with E-state index < -0.39 is 0 Å². The molecule has 1 aromatic heterocycles. The second-order valence-corrected chi connectivity index (χ2v) is 10.1. The first-order chi connectivity index (χ1) is 16.0. The summed E-state index contributed by atoms with van der Waals surface area (Å²) in [4.78, 5) is 26.9. The zero-order valence-electron chi connectivity index (χ0n) is 19.0. The molecule has 1 saturated heterocycles. The molecule has 0 atom stereocenters. The molecule has 0 bridgehead atoms. The Morgan fingerprint density at radius 2 is 2.00 bits per heavy atom. The molecule has 0 N–H and O–H groups in total. The highest BCUT2D eigenvalue weighted by Gasteiger charge is 2.50. The molecule has 172 valence electrons. The van der Waals surface area contributed by atoms with Gasteiger partial charge in [-0.1, -0.05) is 12.1 Å². The van der Waals surface area contributed by atoms with E-state index in [0.717, 1.165) is 75.0 Å². The topological polar surface area (TPSA) is 90.2 Å². The number of hydrogen-bond acceptors (Lipinski definition) is 6. The molecule has 2 aromatic rings. The maximum atomic E-state index is 13.3. The van der Waals surface area contributed by atoms with E-state index in [4.69, 9.17) is 4.74 Å². The quantitative estimate of drug-likeness (QED) is 0.670. The fourth-order valence-corrected chi connectivity index (χ4v) is 6.18. The van der Waals surface area contributed by atoms with Crippen LogP contribution in [0.4, 0.5) is 0 Å². The normalized spacial score (nSPS) is 26.7. The lowest BCUT2D eigenvalue weighted by molar-refractivity contribution is -0.138. The van der Waals surface area contributed by atoms with Crippen molar-refractivity contribution in [1.82, 2.24) is 25.1 Å². The van der Waals surface area contributed by atoms with Crippen LogP contribution in [0.15, 0.2) is 29.5 Å². The van der Waals surface area contributed by atoms with Crippen LogP contribution in [0.3, 0.4) is 0 Å². The van der Waals surface area contributed by atoms with Crippen LogP contribution in [0, 0.1) is 11.3 Å². The van der Waals surface area contributed by atoms with E-state index in [2.05, 4.69) is 33.7 Å². The van der Waals surface area contributed by atoms with Crippen LogP contribution in [0.5, 0.6) is 0 Å². The monoisotopic (exact) mass is 447 g/mol. The first kappa shape index (κ1) is 20.6. The zero-order valence-corrected chi connectivity index (χ0v) is 19.0. The molecule has 1 aromatic carbocycles. The smallest absolute Gasteiger partial charge is 0.336 e. The van der Waals surface area contributed by atoms with E-state index in [1.54, 1.807) is 6.92 Å². The number of esters is 1. The molecule has 3 aliphatic heterocycles. The molecule has 6 rings (SSSR count). The maximum Gasteiger partial charge on any atom is 0.336 e. The number of carbonyl (C=O) groups excluding carboxylic acids is 2. The van der Waals surface area contributed by atoms with Gasteiger partial charge in [0, 0.05) is 13.0 Å². The van der Waals surface area contributed by atoms with Gasteiger partial charge in [-0.2, -0.15) is 4.68 Å². The minimum atomic E-state index is -0.289. The standard InChI is InChI=1S/C25H29N5O3/c1-16-21(15-33-23(16)31)29-13-12-25(24(29)32)10-8-17(9-11-25)2-3-18-4-6-20-19(14-18)5-7-22-26-27-28-30(20)22/h4,6,14,17H,2-3,5,7-13,15H2,1H3. The third-order valence-electron chi connectivity index (χ3n) is 8.35. The number of fused-ring (bicyclic) bond motifs is 3. The van der Waals surface area contributed by atoms with Crippen molar-refractivity contribution in [2.45, 2.75) is 64.7 Å². The molecule has 8 nitrogen and oxygen atoms in total. The Kier molecular flexibility index (Phi) is 4.85. The number of tetrazole rings is 1. The molecule has 4 aliphatic rings. The van der Waals surface area contributed by atoms with Crippen LogP contribution in [0.1, 0.15) is 62.4 Å². The van der Waals surface area contributed by atoms with Gasteiger partial charge in [-0.3, -0.25) is 4.79 Å². The summed E-state index contributed by atoms with van der Waals surface area (Å²) in [5.41, 5.74) is 4.95. The fourth-order valence-electron chi connectivity index (χ4n) is 6.18. The summed E-state index contributed by atoms with van der Waals surface area (Å²) in [6, 6.07) is 6.68. The van der Waals surface area contributed by atoms with Crippen molar-refractivity contribution in [3.8, 4) is 5.69 Å². The number of aromatic nitrogens is 4. The van der Waals surface area contributed by atoms with Gasteiger partial charge in [-0.15, -0.1) is 5.10 Å². The van der Waals surface area contributed by atoms with Crippen LogP contribution in [0.25, 0.3) is 5.69 Å². The summed E-state index contributed by atoms with van der Waals surface area (Å²) in [5, 5.41) is 12.0. The number of ether oxygens (including phenoxy) is 1. The fraction of sp³-hybridized carbons (Fsp3) is 0.560. The Balaban J connectivity index is 1.06. The summed E-state index contributed by atoms with van der Waals surface area (Å²) >= 11 is 0. The number of benzene rings is 1. The van der Waals surface area contributed by atoms with Crippen molar-refractivity contribution in [3.63, 3.8) is 0 Å². The van der Waals surface area contributed by atoms with Gasteiger partial charge in [0.05, 0.1) is 22.4 Å². The molecule has 2 fully saturated rings. The summed E-state index contributed by atoms with van der Waals surface area (Å²) in [5.74, 6) is 1.52. The van der Waals surface area contributed by atoms with Gasteiger partial charge < -0.3 is 9.64 Å². The van der Waals surface area contributed by atoms with E-state index >= 15 is 0 Å². The Bertz CT molecular complexity index is 1160. The van der Waals surface area contributed by atoms with Gasteiger partial charge in [-0.25, -0.2) is 4.79 Å². The highest BCUT2D eigenvalue weighted by Crippen LogP contribution is 2.48. The zero-order chi connectivity index (χ0) is 22.6. The van der Waals surface area contributed by atoms with Crippen molar-refractivity contribution < 1.29 is 14.3 Å². The molecule has 0 radical (unpaired) electrons. The van der Waals surface area contributed by atoms with Crippen molar-refractivity contribution in [2.24, 2.45) is 11.3 Å². The van der Waals surface area contributed by atoms with Gasteiger partial charge in [-0.05, 0) is 91.8 Å². The van der Waals surface area contributed by atoms with E-state index in [1.165, 1.54) is 11.1 Å². The molecule has 1 saturated carbocycles. The minimum Gasteiger partial charge on any atom is -0.456 e. The predicted molar refractivity (Wildman–Crippen MR) is 119 cm³/mol. The lowest BCUT2D eigenvalue weighted by Gasteiger charge is -2.36. The first-order valence-corrected chi connectivity index (χ1v) is 12.1. The molecular weight excluding hydrogens is 418 g/mol. The van der Waals surface area contributed by atoms with Crippen LogP contribution >= 0.6 is 0 Å². The summed E-state index contributed by atoms with van der Waals surface area (Å²) in [6.07, 6.45) is 9.12. The minimum absolute atomic E-state index is 0.213. The number of nitrogens with zero attached hydrogens (tertiary/aromatic N) is 5. The SMILES string of the molecule is CC1=C(N2CCC3(CCC(CCc4ccc5c(c4)CCc4nnnn4-5)CC3)C2=O)COC1=O. The Morgan fingerprint density at radius 1 is 1.15 bits per heavy atom. The molecule has 0 unspecified atom stereocenters. The van der Waals surface area contributed by atoms with Crippen LogP contribution < -0.4 is 0 Å². The maximum absolute atomic E-state index is 13.3. The Hall–Kier alpha value is -3.03. The average Bonchev–Trinajstić information content (AvgIpc) is 3.53. The van der Waals surface area contributed by atoms with Crippen molar-refractivity contribution in [3.05, 3.63) is 46.4 Å².